The van der Waals surface area contributed by atoms with Gasteiger partial charge in [0.15, 0.2) is 12.1 Å². The summed E-state index contributed by atoms with van der Waals surface area (Å²) in [6.07, 6.45) is -0.996. The van der Waals surface area contributed by atoms with Crippen molar-refractivity contribution in [3.63, 3.8) is 0 Å². The predicted molar refractivity (Wildman–Crippen MR) is 179 cm³/mol. The second-order valence-electron chi connectivity index (χ2n) is 11.4. The normalized spacial score (nSPS) is 12.0. The molecule has 5 rings (SSSR count). The standard InChI is InChI=1S/C34H35N7O8/c1-6-26(39(4)25-12-10-21(11-13-25)28-20(3)49-40(5)33(28)45)29-23(18-42)16-19(2)35-30(29)32(44)36-24-9-7-8-22(17-24)31(43)37-27-14-15-41(38-27)34(46,47)48/h7-18,26,46-48H,6H2,1-5H3,(H,36,44)(H,37,38,43). The van der Waals surface area contributed by atoms with Crippen molar-refractivity contribution in [1.82, 2.24) is 19.5 Å². The molecular formula is C34H35N7O8. The Morgan fingerprint density at radius 3 is 2.35 bits per heavy atom. The summed E-state index contributed by atoms with van der Waals surface area (Å²) >= 11 is 0. The molecule has 0 saturated carbocycles. The van der Waals surface area contributed by atoms with Gasteiger partial charge in [-0.2, -0.15) is 9.42 Å². The Morgan fingerprint density at radius 2 is 1.76 bits per heavy atom. The van der Waals surface area contributed by atoms with Gasteiger partial charge in [0, 0.05) is 60.1 Å². The molecule has 15 nitrogen and oxygen atoms in total. The van der Waals surface area contributed by atoms with Crippen LogP contribution in [-0.2, 0) is 13.1 Å². The minimum atomic E-state index is -3.24. The second-order valence-corrected chi connectivity index (χ2v) is 11.4. The number of carbonyl (C=O) groups is 3. The Morgan fingerprint density at radius 1 is 1.04 bits per heavy atom. The Labute approximate surface area is 280 Å². The number of aromatic nitrogens is 4. The average Bonchev–Trinajstić information content (AvgIpc) is 3.64. The number of aliphatic hydroxyl groups is 3. The Balaban J connectivity index is 1.41. The molecule has 5 aromatic rings. The molecule has 0 spiro atoms. The number of nitrogens with zero attached hydrogens (tertiary/aromatic N) is 5. The molecule has 1 atom stereocenters. The van der Waals surface area contributed by atoms with Crippen molar-refractivity contribution >= 4 is 35.3 Å². The lowest BCUT2D eigenvalue weighted by Crippen LogP contribution is -2.32. The molecule has 0 aliphatic rings. The summed E-state index contributed by atoms with van der Waals surface area (Å²) in [6, 6.07) is 15.8. The number of carbonyl (C=O) groups excluding carboxylic acids is 3. The topological polar surface area (TPSA) is 205 Å². The van der Waals surface area contributed by atoms with E-state index < -0.39 is 24.0 Å². The number of amides is 2. The van der Waals surface area contributed by atoms with Crippen molar-refractivity contribution in [3.05, 3.63) is 111 Å². The van der Waals surface area contributed by atoms with Crippen molar-refractivity contribution < 1.29 is 34.2 Å². The number of aldehydes is 1. The van der Waals surface area contributed by atoms with Crippen LogP contribution in [0.2, 0.25) is 0 Å². The third-order valence-electron chi connectivity index (χ3n) is 7.96. The van der Waals surface area contributed by atoms with Crippen molar-refractivity contribution in [2.24, 2.45) is 7.05 Å². The summed E-state index contributed by atoms with van der Waals surface area (Å²) in [5.74, 6) is -0.794. The molecule has 15 heteroatoms. The molecule has 0 radical (unpaired) electrons. The van der Waals surface area contributed by atoms with Gasteiger partial charge in [-0.3, -0.25) is 19.2 Å². The summed E-state index contributed by atoms with van der Waals surface area (Å²) in [5, 5.41) is 36.7. The monoisotopic (exact) mass is 669 g/mol. The third-order valence-corrected chi connectivity index (χ3v) is 7.96. The van der Waals surface area contributed by atoms with Crippen LogP contribution in [-0.4, -0.2) is 60.0 Å². The Bertz CT molecular complexity index is 2090. The van der Waals surface area contributed by atoms with Crippen molar-refractivity contribution in [1.29, 1.82) is 0 Å². The van der Waals surface area contributed by atoms with E-state index in [1.54, 1.807) is 39.1 Å². The zero-order valence-corrected chi connectivity index (χ0v) is 27.3. The first-order chi connectivity index (χ1) is 23.2. The van der Waals surface area contributed by atoms with Gasteiger partial charge in [0.2, 0.25) is 0 Å². The van der Waals surface area contributed by atoms with Gasteiger partial charge in [0.05, 0.1) is 11.6 Å². The molecule has 5 N–H and O–H groups in total. The lowest BCUT2D eigenvalue weighted by molar-refractivity contribution is -0.380. The molecule has 2 aromatic carbocycles. The molecule has 0 saturated heterocycles. The lowest BCUT2D eigenvalue weighted by atomic mass is 9.94. The third kappa shape index (κ3) is 7.18. The van der Waals surface area contributed by atoms with Gasteiger partial charge in [0.1, 0.15) is 11.5 Å². The zero-order valence-electron chi connectivity index (χ0n) is 27.3. The van der Waals surface area contributed by atoms with Crippen LogP contribution in [0.25, 0.3) is 11.1 Å². The van der Waals surface area contributed by atoms with E-state index in [1.165, 1.54) is 22.9 Å². The minimum absolute atomic E-state index is 0.0378. The highest BCUT2D eigenvalue weighted by Gasteiger charge is 2.28. The lowest BCUT2D eigenvalue weighted by Gasteiger charge is -2.31. The summed E-state index contributed by atoms with van der Waals surface area (Å²) in [4.78, 5) is 58.2. The predicted octanol–water partition coefficient (Wildman–Crippen LogP) is 3.30. The first-order valence-electron chi connectivity index (χ1n) is 15.1. The van der Waals surface area contributed by atoms with Crippen LogP contribution in [0.4, 0.5) is 17.2 Å². The average molecular weight is 670 g/mol. The maximum atomic E-state index is 13.8. The number of aryl methyl sites for hydroxylation is 3. The summed E-state index contributed by atoms with van der Waals surface area (Å²) in [6.45, 7) is 5.33. The van der Waals surface area contributed by atoms with E-state index in [0.717, 1.165) is 11.9 Å². The molecule has 49 heavy (non-hydrogen) atoms. The molecule has 254 valence electrons. The smallest absolute Gasteiger partial charge is 0.381 e. The van der Waals surface area contributed by atoms with Crippen molar-refractivity contribution in [2.75, 3.05) is 22.6 Å². The van der Waals surface area contributed by atoms with Crippen LogP contribution in [0, 0.1) is 13.8 Å². The zero-order chi connectivity index (χ0) is 35.6. The number of benzene rings is 2. The number of nitrogens with one attached hydrogen (secondary N) is 2. The van der Waals surface area contributed by atoms with Gasteiger partial charge in [-0.1, -0.05) is 25.1 Å². The molecule has 3 aromatic heterocycles. The summed E-state index contributed by atoms with van der Waals surface area (Å²) in [5.41, 5.74) is 3.30. The number of pyridine rings is 1. The van der Waals surface area contributed by atoms with Gasteiger partial charge in [-0.15, -0.1) is 5.10 Å². The van der Waals surface area contributed by atoms with Crippen molar-refractivity contribution in [2.45, 2.75) is 39.3 Å². The van der Waals surface area contributed by atoms with Gasteiger partial charge < -0.3 is 35.4 Å². The van der Waals surface area contributed by atoms with Crippen LogP contribution < -0.4 is 21.1 Å². The van der Waals surface area contributed by atoms with Crippen molar-refractivity contribution in [3.8, 4) is 11.1 Å². The first-order valence-corrected chi connectivity index (χ1v) is 15.1. The van der Waals surface area contributed by atoms with Crippen LogP contribution in [0.1, 0.15) is 67.6 Å². The van der Waals surface area contributed by atoms with Gasteiger partial charge in [0.25, 0.3) is 17.4 Å². The Kier molecular flexibility index (Phi) is 9.61. The maximum Gasteiger partial charge on any atom is 0.389 e. The van der Waals surface area contributed by atoms with Gasteiger partial charge >= 0.3 is 6.10 Å². The second kappa shape index (κ2) is 13.7. The Hall–Kier alpha value is -5.90. The van der Waals surface area contributed by atoms with E-state index in [1.807, 2.05) is 43.1 Å². The highest BCUT2D eigenvalue weighted by atomic mass is 16.7. The number of hydrogen-bond acceptors (Lipinski definition) is 11. The fourth-order valence-corrected chi connectivity index (χ4v) is 5.65. The largest absolute Gasteiger partial charge is 0.389 e. The highest BCUT2D eigenvalue weighted by Crippen LogP contribution is 2.34. The van der Waals surface area contributed by atoms with E-state index in [-0.39, 0.29) is 28.3 Å². The summed E-state index contributed by atoms with van der Waals surface area (Å²) < 4.78 is 7.03. The molecule has 0 aliphatic heterocycles. The fraction of sp³-hybridized carbons (Fsp3) is 0.235. The van der Waals surface area contributed by atoms with E-state index in [0.29, 0.717) is 51.1 Å². The van der Waals surface area contributed by atoms with Crippen LogP contribution in [0.5, 0.6) is 0 Å². The highest BCUT2D eigenvalue weighted by molar-refractivity contribution is 6.07. The van der Waals surface area contributed by atoms with E-state index in [4.69, 9.17) is 4.52 Å². The molecule has 0 fully saturated rings. The van der Waals surface area contributed by atoms with Crippen LogP contribution >= 0.6 is 0 Å². The van der Waals surface area contributed by atoms with E-state index >= 15 is 0 Å². The first kappa shape index (κ1) is 34.4. The molecule has 0 aliphatic carbocycles. The van der Waals surface area contributed by atoms with E-state index in [9.17, 15) is 34.5 Å². The molecule has 3 heterocycles. The number of hydrogen-bond donors (Lipinski definition) is 5. The number of anilines is 3. The molecule has 2 amide bonds. The fourth-order valence-electron chi connectivity index (χ4n) is 5.65. The quantitative estimate of drug-likeness (QED) is 0.102. The number of rotatable bonds is 11. The SMILES string of the molecule is CCC(c1c(C=O)cc(C)nc1C(=O)Nc1cccc(C(=O)Nc2ccn(C(O)(O)O)n2)c1)N(C)c1ccc(-c2c(C)on(C)c2=O)cc1. The minimum Gasteiger partial charge on any atom is -0.381 e. The molecule has 1 unspecified atom stereocenters. The van der Waals surface area contributed by atoms with Crippen LogP contribution in [0.15, 0.2) is 76.2 Å². The molecular weight excluding hydrogens is 634 g/mol. The molecule has 0 bridgehead atoms. The maximum absolute atomic E-state index is 13.8. The van der Waals surface area contributed by atoms with Gasteiger partial charge in [-0.05, 0) is 62.2 Å². The van der Waals surface area contributed by atoms with E-state index in [2.05, 4.69) is 20.7 Å². The van der Waals surface area contributed by atoms with Crippen LogP contribution in [0.3, 0.4) is 0 Å². The summed E-state index contributed by atoms with van der Waals surface area (Å²) in [7, 11) is 3.39. The van der Waals surface area contributed by atoms with Gasteiger partial charge in [-0.25, -0.2) is 4.98 Å².